The van der Waals surface area contributed by atoms with Crippen LogP contribution >= 0.6 is 22.7 Å². The molecule has 0 saturated carbocycles. The molecular weight excluding hydrogens is 444 g/mol. The normalized spacial score (nSPS) is 11.3. The summed E-state index contributed by atoms with van der Waals surface area (Å²) in [6, 6.07) is 14.0. The zero-order valence-electron chi connectivity index (χ0n) is 16.6. The fourth-order valence-electron chi connectivity index (χ4n) is 2.97. The molecule has 0 radical (unpaired) electrons. The smallest absolute Gasteiger partial charge is 0.275 e. The molecule has 4 aromatic rings. The number of anilines is 2. The molecule has 32 heavy (non-hydrogen) atoms. The summed E-state index contributed by atoms with van der Waals surface area (Å²) in [7, 11) is 0. The third-order valence-electron chi connectivity index (χ3n) is 4.65. The Morgan fingerprint density at radius 3 is 2.47 bits per heavy atom. The van der Waals surface area contributed by atoms with Crippen molar-refractivity contribution in [1.82, 2.24) is 9.97 Å². The first-order chi connectivity index (χ1) is 15.5. The second-order valence-corrected chi connectivity index (χ2v) is 8.56. The Labute approximate surface area is 190 Å². The van der Waals surface area contributed by atoms with Gasteiger partial charge < -0.3 is 10.6 Å². The summed E-state index contributed by atoms with van der Waals surface area (Å²) in [5, 5.41) is 26.0. The van der Waals surface area contributed by atoms with Gasteiger partial charge in [0.05, 0.1) is 44.9 Å². The van der Waals surface area contributed by atoms with Gasteiger partial charge in [-0.05, 0) is 48.9 Å². The molecule has 0 aliphatic heterocycles. The van der Waals surface area contributed by atoms with Gasteiger partial charge in [0.1, 0.15) is 5.69 Å². The summed E-state index contributed by atoms with van der Waals surface area (Å²) in [4.78, 5) is 33.4. The van der Waals surface area contributed by atoms with E-state index in [-0.39, 0.29) is 11.8 Å². The van der Waals surface area contributed by atoms with E-state index in [1.165, 1.54) is 28.7 Å². The van der Waals surface area contributed by atoms with Crippen LogP contribution in [0.4, 0.5) is 10.8 Å². The van der Waals surface area contributed by atoms with E-state index in [9.17, 15) is 9.59 Å². The number of aromatic nitrogens is 2. The number of nitriles is 2. The number of nitrogens with zero attached hydrogens (tertiary/aromatic N) is 4. The summed E-state index contributed by atoms with van der Waals surface area (Å²) in [5.74, 6) is -1.19. The zero-order valence-corrected chi connectivity index (χ0v) is 18.3. The topological polar surface area (TPSA) is 132 Å². The number of thiazole rings is 2. The second kappa shape index (κ2) is 8.94. The number of hydrogen-bond donors (Lipinski definition) is 2. The highest BCUT2D eigenvalue weighted by Gasteiger charge is 2.19. The van der Waals surface area contributed by atoms with E-state index in [1.807, 2.05) is 12.1 Å². The number of nitrogens with one attached hydrogen (secondary N) is 2. The average molecular weight is 459 g/mol. The van der Waals surface area contributed by atoms with Crippen molar-refractivity contribution in [3.63, 3.8) is 0 Å². The fourth-order valence-corrected chi connectivity index (χ4v) is 4.41. The van der Waals surface area contributed by atoms with Crippen molar-refractivity contribution in [2.24, 2.45) is 0 Å². The Bertz CT molecular complexity index is 1380. The van der Waals surface area contributed by atoms with Gasteiger partial charge in [-0.15, -0.1) is 11.3 Å². The SMILES string of the molecule is CC(C(=O)Nc1nc2ccc(NC(=O)c3cscn3)cc2s1)c1cc(C#N)cc(C#N)c1. The lowest BCUT2D eigenvalue weighted by molar-refractivity contribution is -0.117. The van der Waals surface area contributed by atoms with E-state index in [0.717, 1.165) is 4.70 Å². The third-order valence-corrected chi connectivity index (χ3v) is 6.17. The van der Waals surface area contributed by atoms with E-state index in [2.05, 4.69) is 20.6 Å². The predicted octanol–water partition coefficient (Wildman–Crippen LogP) is 4.49. The van der Waals surface area contributed by atoms with Crippen LogP contribution in [0.2, 0.25) is 0 Å². The Kier molecular flexibility index (Phi) is 5.90. The fraction of sp³-hybridized carbons (Fsp3) is 0.0909. The van der Waals surface area contributed by atoms with Crippen LogP contribution in [-0.4, -0.2) is 21.8 Å². The van der Waals surface area contributed by atoms with Gasteiger partial charge in [0, 0.05) is 11.1 Å². The maximum absolute atomic E-state index is 12.8. The van der Waals surface area contributed by atoms with Crippen LogP contribution < -0.4 is 10.6 Å². The average Bonchev–Trinajstić information content (AvgIpc) is 3.47. The van der Waals surface area contributed by atoms with Crippen LogP contribution in [-0.2, 0) is 4.79 Å². The Balaban J connectivity index is 1.50. The molecule has 0 aliphatic rings. The minimum atomic E-state index is -0.588. The molecule has 4 rings (SSSR count). The van der Waals surface area contributed by atoms with Gasteiger partial charge >= 0.3 is 0 Å². The maximum atomic E-state index is 12.8. The minimum absolute atomic E-state index is 0.297. The number of carbonyl (C=O) groups excluding carboxylic acids is 2. The third kappa shape index (κ3) is 4.47. The molecule has 0 spiro atoms. The summed E-state index contributed by atoms with van der Waals surface area (Å²) in [5.41, 5.74) is 4.45. The molecule has 0 fully saturated rings. The molecule has 2 N–H and O–H groups in total. The van der Waals surface area contributed by atoms with Gasteiger partial charge in [0.25, 0.3) is 5.91 Å². The van der Waals surface area contributed by atoms with Crippen LogP contribution in [0.15, 0.2) is 47.3 Å². The molecule has 0 saturated heterocycles. The van der Waals surface area contributed by atoms with Gasteiger partial charge in [-0.1, -0.05) is 11.3 Å². The molecular formula is C22H14N6O2S2. The molecule has 2 heterocycles. The van der Waals surface area contributed by atoms with Gasteiger partial charge in [-0.3, -0.25) is 9.59 Å². The molecule has 1 atom stereocenters. The summed E-state index contributed by atoms with van der Waals surface area (Å²) in [6.45, 7) is 1.70. The zero-order chi connectivity index (χ0) is 22.7. The first-order valence-electron chi connectivity index (χ1n) is 9.33. The van der Waals surface area contributed by atoms with E-state index in [0.29, 0.717) is 38.7 Å². The van der Waals surface area contributed by atoms with Crippen molar-refractivity contribution in [2.75, 3.05) is 10.6 Å². The largest absolute Gasteiger partial charge is 0.321 e. The highest BCUT2D eigenvalue weighted by molar-refractivity contribution is 7.22. The lowest BCUT2D eigenvalue weighted by Gasteiger charge is -2.11. The van der Waals surface area contributed by atoms with Crippen molar-refractivity contribution >= 4 is 55.5 Å². The maximum Gasteiger partial charge on any atom is 0.275 e. The molecule has 2 aromatic carbocycles. The standard InChI is InChI=1S/C22H14N6O2S2/c1-12(15-5-13(8-23)4-14(6-15)9-24)20(29)28-22-27-17-3-2-16(7-19(17)32-22)26-21(30)18-10-31-11-25-18/h2-7,10-12H,1H3,(H,26,30)(H,27,28,29). The number of benzene rings is 2. The quantitative estimate of drug-likeness (QED) is 0.453. The lowest BCUT2D eigenvalue weighted by Crippen LogP contribution is -2.19. The molecule has 2 aromatic heterocycles. The predicted molar refractivity (Wildman–Crippen MR) is 123 cm³/mol. The Morgan fingerprint density at radius 1 is 1.06 bits per heavy atom. The molecule has 8 nitrogen and oxygen atoms in total. The van der Waals surface area contributed by atoms with Gasteiger partial charge in [-0.25, -0.2) is 9.97 Å². The van der Waals surface area contributed by atoms with E-state index < -0.39 is 5.92 Å². The van der Waals surface area contributed by atoms with Crippen LogP contribution in [0.3, 0.4) is 0 Å². The van der Waals surface area contributed by atoms with Gasteiger partial charge in [0.15, 0.2) is 5.13 Å². The molecule has 10 heteroatoms. The summed E-state index contributed by atoms with van der Waals surface area (Å²) in [6.07, 6.45) is 0. The molecule has 1 unspecified atom stereocenters. The molecule has 0 aliphatic carbocycles. The monoisotopic (exact) mass is 458 g/mol. The van der Waals surface area contributed by atoms with E-state index in [1.54, 1.807) is 48.1 Å². The highest BCUT2D eigenvalue weighted by atomic mass is 32.1. The first kappa shape index (κ1) is 21.1. The van der Waals surface area contributed by atoms with Crippen LogP contribution in [0.25, 0.3) is 10.2 Å². The van der Waals surface area contributed by atoms with E-state index in [4.69, 9.17) is 10.5 Å². The number of amides is 2. The Hall–Kier alpha value is -4.12. The molecule has 2 amide bonds. The van der Waals surface area contributed by atoms with Crippen LogP contribution in [0, 0.1) is 22.7 Å². The lowest BCUT2D eigenvalue weighted by atomic mass is 9.96. The Morgan fingerprint density at radius 2 is 1.81 bits per heavy atom. The van der Waals surface area contributed by atoms with Crippen LogP contribution in [0.1, 0.15) is 40.0 Å². The van der Waals surface area contributed by atoms with Crippen molar-refractivity contribution in [2.45, 2.75) is 12.8 Å². The number of hydrogen-bond acceptors (Lipinski definition) is 8. The van der Waals surface area contributed by atoms with E-state index >= 15 is 0 Å². The molecule has 0 bridgehead atoms. The first-order valence-corrected chi connectivity index (χ1v) is 11.1. The number of rotatable bonds is 5. The second-order valence-electron chi connectivity index (χ2n) is 6.81. The van der Waals surface area contributed by atoms with Crippen LogP contribution in [0.5, 0.6) is 0 Å². The van der Waals surface area contributed by atoms with Crippen molar-refractivity contribution in [1.29, 1.82) is 10.5 Å². The summed E-state index contributed by atoms with van der Waals surface area (Å²) >= 11 is 2.62. The van der Waals surface area contributed by atoms with Gasteiger partial charge in [-0.2, -0.15) is 10.5 Å². The molecule has 156 valence electrons. The highest BCUT2D eigenvalue weighted by Crippen LogP contribution is 2.30. The van der Waals surface area contributed by atoms with Crippen molar-refractivity contribution in [3.8, 4) is 12.1 Å². The number of fused-ring (bicyclic) bond motifs is 1. The summed E-state index contributed by atoms with van der Waals surface area (Å²) < 4.78 is 0.794. The number of carbonyl (C=O) groups is 2. The van der Waals surface area contributed by atoms with Crippen molar-refractivity contribution in [3.05, 3.63) is 69.7 Å². The van der Waals surface area contributed by atoms with Crippen molar-refractivity contribution < 1.29 is 9.59 Å². The minimum Gasteiger partial charge on any atom is -0.321 e. The van der Waals surface area contributed by atoms with Gasteiger partial charge in [0.2, 0.25) is 5.91 Å².